The molecule has 0 N–H and O–H groups in total. The molecule has 0 aromatic heterocycles. The van der Waals surface area contributed by atoms with Gasteiger partial charge in [0.15, 0.2) is 17.4 Å². The van der Waals surface area contributed by atoms with E-state index in [9.17, 15) is 8.78 Å². The van der Waals surface area contributed by atoms with Crippen molar-refractivity contribution in [1.82, 2.24) is 0 Å². The minimum absolute atomic E-state index is 0.0613. The highest BCUT2D eigenvalue weighted by atomic mass is 35.5. The number of hydrogen-bond acceptors (Lipinski definition) is 3. The molecule has 0 bridgehead atoms. The van der Waals surface area contributed by atoms with Crippen molar-refractivity contribution in [3.8, 4) is 5.75 Å². The van der Waals surface area contributed by atoms with E-state index in [2.05, 4.69) is 0 Å². The van der Waals surface area contributed by atoms with E-state index >= 15 is 0 Å². The standard InChI is InChI=1S/C15H17ClF2O3/c16-8-10-5-12(17)14(13(18)6-10)21-11-1-3-20-15(7-11)2-4-19-9-15/h5-6,11H,1-4,7-9H2. The zero-order chi connectivity index (χ0) is 14.9. The molecule has 0 amide bonds. The fraction of sp³-hybridized carbons (Fsp3) is 0.600. The second-order valence-corrected chi connectivity index (χ2v) is 5.86. The molecule has 0 saturated carbocycles. The first-order valence-electron chi connectivity index (χ1n) is 7.04. The molecule has 1 aromatic rings. The van der Waals surface area contributed by atoms with Gasteiger partial charge in [0, 0.05) is 31.7 Å². The van der Waals surface area contributed by atoms with Crippen LogP contribution in [0.4, 0.5) is 8.78 Å². The van der Waals surface area contributed by atoms with Crippen LogP contribution in [-0.2, 0) is 15.4 Å². The summed E-state index contributed by atoms with van der Waals surface area (Å²) in [5.41, 5.74) is 0.0398. The Bertz CT molecular complexity index is 495. The molecule has 21 heavy (non-hydrogen) atoms. The maximum atomic E-state index is 13.9. The first-order valence-corrected chi connectivity index (χ1v) is 7.58. The molecule has 6 heteroatoms. The van der Waals surface area contributed by atoms with Gasteiger partial charge in [-0.05, 0) is 17.7 Å². The van der Waals surface area contributed by atoms with Crippen LogP contribution >= 0.6 is 11.6 Å². The van der Waals surface area contributed by atoms with Crippen molar-refractivity contribution in [2.45, 2.75) is 36.8 Å². The monoisotopic (exact) mass is 318 g/mol. The van der Waals surface area contributed by atoms with Crippen molar-refractivity contribution in [1.29, 1.82) is 0 Å². The number of alkyl halides is 1. The fourth-order valence-corrected chi connectivity index (χ4v) is 3.07. The summed E-state index contributed by atoms with van der Waals surface area (Å²) in [7, 11) is 0. The molecule has 0 radical (unpaired) electrons. The normalized spacial score (nSPS) is 29.0. The lowest BCUT2D eigenvalue weighted by Gasteiger charge is -2.37. The zero-order valence-electron chi connectivity index (χ0n) is 11.5. The number of hydrogen-bond donors (Lipinski definition) is 0. The molecule has 0 aliphatic carbocycles. The van der Waals surface area contributed by atoms with Crippen molar-refractivity contribution in [2.75, 3.05) is 19.8 Å². The maximum absolute atomic E-state index is 13.9. The predicted octanol–water partition coefficient (Wildman–Crippen LogP) is 3.42. The van der Waals surface area contributed by atoms with E-state index in [1.807, 2.05) is 0 Å². The van der Waals surface area contributed by atoms with Crippen molar-refractivity contribution < 1.29 is 23.0 Å². The van der Waals surface area contributed by atoms with Crippen molar-refractivity contribution in [3.63, 3.8) is 0 Å². The Kier molecular flexibility index (Phi) is 4.33. The predicted molar refractivity (Wildman–Crippen MR) is 73.7 cm³/mol. The first kappa shape index (κ1) is 15.0. The first-order chi connectivity index (χ1) is 10.1. The molecule has 1 aromatic carbocycles. The molecule has 3 rings (SSSR count). The van der Waals surface area contributed by atoms with E-state index in [4.69, 9.17) is 25.8 Å². The molecule has 2 heterocycles. The summed E-state index contributed by atoms with van der Waals surface area (Å²) in [5, 5.41) is 0. The molecule has 2 fully saturated rings. The summed E-state index contributed by atoms with van der Waals surface area (Å²) in [4.78, 5) is 0. The van der Waals surface area contributed by atoms with Gasteiger partial charge in [0.05, 0.1) is 18.8 Å². The van der Waals surface area contributed by atoms with Gasteiger partial charge in [0.2, 0.25) is 0 Å². The molecule has 2 aliphatic heterocycles. The minimum atomic E-state index is -0.714. The van der Waals surface area contributed by atoms with Gasteiger partial charge >= 0.3 is 0 Å². The van der Waals surface area contributed by atoms with Crippen LogP contribution in [-0.4, -0.2) is 31.5 Å². The number of benzene rings is 1. The van der Waals surface area contributed by atoms with Gasteiger partial charge in [0.1, 0.15) is 6.10 Å². The van der Waals surface area contributed by atoms with Crippen LogP contribution in [0.2, 0.25) is 0 Å². The van der Waals surface area contributed by atoms with Gasteiger partial charge in [-0.2, -0.15) is 0 Å². The number of rotatable bonds is 3. The lowest BCUT2D eigenvalue weighted by atomic mass is 9.91. The van der Waals surface area contributed by atoms with E-state index in [0.29, 0.717) is 38.2 Å². The Morgan fingerprint density at radius 1 is 1.29 bits per heavy atom. The second kappa shape index (κ2) is 6.07. The van der Waals surface area contributed by atoms with Crippen LogP contribution < -0.4 is 4.74 Å². The molecule has 2 unspecified atom stereocenters. The third-order valence-corrected chi connectivity index (χ3v) is 4.32. The minimum Gasteiger partial charge on any atom is -0.484 e. The molecule has 3 nitrogen and oxygen atoms in total. The van der Waals surface area contributed by atoms with Crippen molar-refractivity contribution >= 4 is 11.6 Å². The van der Waals surface area contributed by atoms with E-state index in [1.54, 1.807) is 0 Å². The van der Waals surface area contributed by atoms with Crippen molar-refractivity contribution in [2.24, 2.45) is 0 Å². The highest BCUT2D eigenvalue weighted by Crippen LogP contribution is 2.35. The molecule has 116 valence electrons. The van der Waals surface area contributed by atoms with Crippen LogP contribution in [0, 0.1) is 11.6 Å². The molecule has 2 aliphatic rings. The van der Waals surface area contributed by atoms with Gasteiger partial charge in [-0.15, -0.1) is 11.6 Å². The Morgan fingerprint density at radius 3 is 2.67 bits per heavy atom. The average molecular weight is 319 g/mol. The zero-order valence-corrected chi connectivity index (χ0v) is 12.3. The molecule has 2 atom stereocenters. The van der Waals surface area contributed by atoms with Crippen LogP contribution in [0.5, 0.6) is 5.75 Å². The summed E-state index contributed by atoms with van der Waals surface area (Å²) >= 11 is 5.59. The summed E-state index contributed by atoms with van der Waals surface area (Å²) in [5.74, 6) is -1.70. The quantitative estimate of drug-likeness (QED) is 0.799. The average Bonchev–Trinajstić information content (AvgIpc) is 2.90. The topological polar surface area (TPSA) is 27.7 Å². The second-order valence-electron chi connectivity index (χ2n) is 5.59. The van der Waals surface area contributed by atoms with Gasteiger partial charge in [0.25, 0.3) is 0 Å². The molecule has 1 spiro atoms. The van der Waals surface area contributed by atoms with E-state index in [-0.39, 0.29) is 23.3 Å². The summed E-state index contributed by atoms with van der Waals surface area (Å²) < 4.78 is 44.6. The van der Waals surface area contributed by atoms with E-state index < -0.39 is 11.6 Å². The Labute approximate surface area is 127 Å². The van der Waals surface area contributed by atoms with E-state index in [0.717, 1.165) is 6.42 Å². The van der Waals surface area contributed by atoms with Crippen LogP contribution in [0.3, 0.4) is 0 Å². The Balaban J connectivity index is 1.74. The van der Waals surface area contributed by atoms with Gasteiger partial charge in [-0.3, -0.25) is 0 Å². The van der Waals surface area contributed by atoms with Crippen LogP contribution in [0.25, 0.3) is 0 Å². The molecular formula is C15H17ClF2O3. The maximum Gasteiger partial charge on any atom is 0.191 e. The lowest BCUT2D eigenvalue weighted by molar-refractivity contribution is -0.113. The smallest absolute Gasteiger partial charge is 0.191 e. The Morgan fingerprint density at radius 2 is 2.05 bits per heavy atom. The summed E-state index contributed by atoms with van der Waals surface area (Å²) in [6.45, 7) is 1.68. The fourth-order valence-electron chi connectivity index (χ4n) is 2.92. The van der Waals surface area contributed by atoms with Gasteiger partial charge in [-0.1, -0.05) is 0 Å². The third kappa shape index (κ3) is 3.15. The SMILES string of the molecule is Fc1cc(CCl)cc(F)c1OC1CCOC2(CCOC2)C1. The Hall–Kier alpha value is -0.910. The molecular weight excluding hydrogens is 302 g/mol. The van der Waals surface area contributed by atoms with E-state index in [1.165, 1.54) is 12.1 Å². The van der Waals surface area contributed by atoms with Gasteiger partial charge in [-0.25, -0.2) is 8.78 Å². The molecule has 2 saturated heterocycles. The van der Waals surface area contributed by atoms with Crippen LogP contribution in [0.1, 0.15) is 24.8 Å². The summed E-state index contributed by atoms with van der Waals surface area (Å²) in [6.07, 6.45) is 1.72. The highest BCUT2D eigenvalue weighted by Gasteiger charge is 2.42. The van der Waals surface area contributed by atoms with Gasteiger partial charge < -0.3 is 14.2 Å². The number of halogens is 3. The largest absolute Gasteiger partial charge is 0.484 e. The third-order valence-electron chi connectivity index (χ3n) is 4.01. The highest BCUT2D eigenvalue weighted by molar-refractivity contribution is 6.17. The summed E-state index contributed by atoms with van der Waals surface area (Å²) in [6, 6.07) is 2.42. The van der Waals surface area contributed by atoms with Crippen LogP contribution in [0.15, 0.2) is 12.1 Å². The lowest BCUT2D eigenvalue weighted by Crippen LogP contribution is -2.44. The van der Waals surface area contributed by atoms with Crippen molar-refractivity contribution in [3.05, 3.63) is 29.3 Å². The number of ether oxygens (including phenoxy) is 3.